The van der Waals surface area contributed by atoms with Crippen molar-refractivity contribution < 1.29 is 9.53 Å². The van der Waals surface area contributed by atoms with E-state index in [1.807, 2.05) is 72.5 Å². The van der Waals surface area contributed by atoms with Crippen molar-refractivity contribution in [2.45, 2.75) is 19.9 Å². The second kappa shape index (κ2) is 8.31. The molecule has 2 heterocycles. The SMILES string of the molecule is Cc1cccc(Oc2cc(N3CCN(C(=O)c4ccccc4)C(C)C3)ncn2)c1. The molecule has 0 spiro atoms. The van der Waals surface area contributed by atoms with E-state index in [2.05, 4.69) is 21.8 Å². The van der Waals surface area contributed by atoms with Gasteiger partial charge in [0.25, 0.3) is 5.91 Å². The maximum Gasteiger partial charge on any atom is 0.254 e. The topological polar surface area (TPSA) is 58.6 Å². The van der Waals surface area contributed by atoms with Crippen LogP contribution in [0.25, 0.3) is 0 Å². The molecule has 0 saturated carbocycles. The average Bonchev–Trinajstić information content (AvgIpc) is 2.74. The van der Waals surface area contributed by atoms with E-state index < -0.39 is 0 Å². The number of rotatable bonds is 4. The fourth-order valence-electron chi connectivity index (χ4n) is 3.57. The number of aromatic nitrogens is 2. The number of piperazine rings is 1. The van der Waals surface area contributed by atoms with Gasteiger partial charge < -0.3 is 14.5 Å². The van der Waals surface area contributed by atoms with Crippen molar-refractivity contribution in [1.29, 1.82) is 0 Å². The quantitative estimate of drug-likeness (QED) is 0.678. The molecule has 1 unspecified atom stereocenters. The van der Waals surface area contributed by atoms with Crippen LogP contribution in [0, 0.1) is 6.92 Å². The third-order valence-electron chi connectivity index (χ3n) is 5.07. The number of nitrogens with zero attached hydrogens (tertiary/aromatic N) is 4. The fourth-order valence-corrected chi connectivity index (χ4v) is 3.57. The summed E-state index contributed by atoms with van der Waals surface area (Å²) < 4.78 is 5.89. The van der Waals surface area contributed by atoms with Crippen molar-refractivity contribution >= 4 is 11.7 Å². The Morgan fingerprint density at radius 1 is 1.03 bits per heavy atom. The van der Waals surface area contributed by atoms with Crippen LogP contribution < -0.4 is 9.64 Å². The molecule has 2 aromatic carbocycles. The highest BCUT2D eigenvalue weighted by molar-refractivity contribution is 5.94. The van der Waals surface area contributed by atoms with E-state index in [1.165, 1.54) is 6.33 Å². The monoisotopic (exact) mass is 388 g/mol. The molecule has 1 aliphatic rings. The fraction of sp³-hybridized carbons (Fsp3) is 0.261. The van der Waals surface area contributed by atoms with Gasteiger partial charge in [-0.1, -0.05) is 30.3 Å². The number of amides is 1. The average molecular weight is 388 g/mol. The van der Waals surface area contributed by atoms with Crippen molar-refractivity contribution in [2.75, 3.05) is 24.5 Å². The van der Waals surface area contributed by atoms with Gasteiger partial charge in [-0.2, -0.15) is 0 Å². The summed E-state index contributed by atoms with van der Waals surface area (Å²) in [5.41, 5.74) is 1.86. The zero-order valence-electron chi connectivity index (χ0n) is 16.7. The Morgan fingerprint density at radius 3 is 2.62 bits per heavy atom. The van der Waals surface area contributed by atoms with E-state index in [1.54, 1.807) is 0 Å². The number of anilines is 1. The lowest BCUT2D eigenvalue weighted by atomic mass is 10.1. The number of hydrogen-bond acceptors (Lipinski definition) is 5. The number of carbonyl (C=O) groups is 1. The van der Waals surface area contributed by atoms with Crippen LogP contribution in [0.1, 0.15) is 22.8 Å². The summed E-state index contributed by atoms with van der Waals surface area (Å²) in [6.07, 6.45) is 1.52. The van der Waals surface area contributed by atoms with E-state index in [4.69, 9.17) is 4.74 Å². The van der Waals surface area contributed by atoms with Crippen molar-refractivity contribution in [3.63, 3.8) is 0 Å². The predicted molar refractivity (Wildman–Crippen MR) is 112 cm³/mol. The summed E-state index contributed by atoms with van der Waals surface area (Å²) in [5, 5.41) is 0. The highest BCUT2D eigenvalue weighted by Gasteiger charge is 2.28. The Kier molecular flexibility index (Phi) is 5.42. The normalized spacial score (nSPS) is 16.6. The summed E-state index contributed by atoms with van der Waals surface area (Å²) in [5.74, 6) is 2.14. The molecule has 0 N–H and O–H groups in total. The van der Waals surface area contributed by atoms with Crippen LogP contribution in [0.3, 0.4) is 0 Å². The summed E-state index contributed by atoms with van der Waals surface area (Å²) in [6, 6.07) is 19.2. The molecule has 1 aromatic heterocycles. The van der Waals surface area contributed by atoms with Crippen molar-refractivity contribution in [3.8, 4) is 11.6 Å². The van der Waals surface area contributed by atoms with Crippen molar-refractivity contribution in [1.82, 2.24) is 14.9 Å². The van der Waals surface area contributed by atoms with Gasteiger partial charge in [-0.05, 0) is 43.7 Å². The van der Waals surface area contributed by atoms with Gasteiger partial charge in [0.15, 0.2) is 0 Å². The molecule has 29 heavy (non-hydrogen) atoms. The number of carbonyl (C=O) groups excluding carboxylic acids is 1. The molecule has 148 valence electrons. The molecule has 6 nitrogen and oxygen atoms in total. The van der Waals surface area contributed by atoms with Crippen molar-refractivity contribution in [3.05, 3.63) is 78.1 Å². The highest BCUT2D eigenvalue weighted by Crippen LogP contribution is 2.25. The molecule has 0 aliphatic carbocycles. The third kappa shape index (κ3) is 4.37. The molecule has 3 aromatic rings. The second-order valence-corrected chi connectivity index (χ2v) is 7.29. The molecular formula is C23H24N4O2. The van der Waals surface area contributed by atoms with Gasteiger partial charge in [0.2, 0.25) is 5.88 Å². The summed E-state index contributed by atoms with van der Waals surface area (Å²) in [7, 11) is 0. The lowest BCUT2D eigenvalue weighted by Gasteiger charge is -2.40. The number of aryl methyl sites for hydroxylation is 1. The number of benzene rings is 2. The molecule has 6 heteroatoms. The molecule has 0 bridgehead atoms. The standard InChI is InChI=1S/C23H24N4O2/c1-17-7-6-10-20(13-17)29-22-14-21(24-16-25-22)26-11-12-27(18(2)15-26)23(28)19-8-4-3-5-9-19/h3-10,13-14,16,18H,11-12,15H2,1-2H3. The summed E-state index contributed by atoms with van der Waals surface area (Å²) in [4.78, 5) is 25.6. The number of ether oxygens (including phenoxy) is 1. The van der Waals surface area contributed by atoms with E-state index in [-0.39, 0.29) is 11.9 Å². The Bertz CT molecular complexity index is 993. The smallest absolute Gasteiger partial charge is 0.254 e. The van der Waals surface area contributed by atoms with Crippen LogP contribution in [-0.4, -0.2) is 46.5 Å². The predicted octanol–water partition coefficient (Wildman–Crippen LogP) is 3.93. The Balaban J connectivity index is 1.44. The van der Waals surface area contributed by atoms with E-state index in [0.29, 0.717) is 25.5 Å². The molecule has 1 aliphatic heterocycles. The van der Waals surface area contributed by atoms with Crippen molar-refractivity contribution in [2.24, 2.45) is 0 Å². The Morgan fingerprint density at radius 2 is 1.86 bits per heavy atom. The minimum atomic E-state index is 0.0731. The Hall–Kier alpha value is -3.41. The molecule has 0 radical (unpaired) electrons. The van der Waals surface area contributed by atoms with E-state index in [9.17, 15) is 4.79 Å². The maximum atomic E-state index is 12.8. The van der Waals surface area contributed by atoms with Gasteiger partial charge in [-0.3, -0.25) is 4.79 Å². The second-order valence-electron chi connectivity index (χ2n) is 7.29. The minimum Gasteiger partial charge on any atom is -0.439 e. The van der Waals surface area contributed by atoms with Crippen LogP contribution in [-0.2, 0) is 0 Å². The molecule has 1 saturated heterocycles. The van der Waals surface area contributed by atoms with Gasteiger partial charge in [0.1, 0.15) is 17.9 Å². The first-order valence-corrected chi connectivity index (χ1v) is 9.78. The first-order chi connectivity index (χ1) is 14.1. The lowest BCUT2D eigenvalue weighted by Crippen LogP contribution is -2.54. The summed E-state index contributed by atoms with van der Waals surface area (Å²) >= 11 is 0. The van der Waals surface area contributed by atoms with E-state index >= 15 is 0 Å². The molecule has 1 atom stereocenters. The lowest BCUT2D eigenvalue weighted by molar-refractivity contribution is 0.0673. The van der Waals surface area contributed by atoms with Crippen LogP contribution in [0.2, 0.25) is 0 Å². The minimum absolute atomic E-state index is 0.0731. The zero-order valence-corrected chi connectivity index (χ0v) is 16.7. The molecule has 1 amide bonds. The van der Waals surface area contributed by atoms with Crippen LogP contribution in [0.15, 0.2) is 67.0 Å². The number of hydrogen-bond donors (Lipinski definition) is 0. The van der Waals surface area contributed by atoms with Gasteiger partial charge in [-0.25, -0.2) is 9.97 Å². The maximum absolute atomic E-state index is 12.8. The Labute approximate surface area is 170 Å². The van der Waals surface area contributed by atoms with Crippen LogP contribution in [0.4, 0.5) is 5.82 Å². The van der Waals surface area contributed by atoms with Gasteiger partial charge in [0.05, 0.1) is 0 Å². The first kappa shape index (κ1) is 18.9. The van der Waals surface area contributed by atoms with Gasteiger partial charge >= 0.3 is 0 Å². The third-order valence-corrected chi connectivity index (χ3v) is 5.07. The van der Waals surface area contributed by atoms with Crippen LogP contribution in [0.5, 0.6) is 11.6 Å². The van der Waals surface area contributed by atoms with Crippen LogP contribution >= 0.6 is 0 Å². The largest absolute Gasteiger partial charge is 0.439 e. The molecular weight excluding hydrogens is 364 g/mol. The van der Waals surface area contributed by atoms with E-state index in [0.717, 1.165) is 22.7 Å². The molecule has 1 fully saturated rings. The van der Waals surface area contributed by atoms with Gasteiger partial charge in [-0.15, -0.1) is 0 Å². The highest BCUT2D eigenvalue weighted by atomic mass is 16.5. The van der Waals surface area contributed by atoms with Gasteiger partial charge in [0, 0.05) is 37.3 Å². The molecule has 4 rings (SSSR count). The first-order valence-electron chi connectivity index (χ1n) is 9.78. The zero-order chi connectivity index (χ0) is 20.2. The summed E-state index contributed by atoms with van der Waals surface area (Å²) in [6.45, 7) is 6.16.